The summed E-state index contributed by atoms with van der Waals surface area (Å²) in [6, 6.07) is 4.26. The van der Waals surface area contributed by atoms with Gasteiger partial charge in [-0.2, -0.15) is 0 Å². The van der Waals surface area contributed by atoms with E-state index in [2.05, 4.69) is 20.8 Å². The SMILES string of the molecule is COc1cc(F)c(C2CNC(=O)[C@@H]2Nc2nnc(C3CC3c3cc(F)cc(F)c3)o2)c(F)c1. The molecular weight excluding hydrogens is 444 g/mol. The lowest BCUT2D eigenvalue weighted by Gasteiger charge is -2.19. The Morgan fingerprint density at radius 3 is 2.36 bits per heavy atom. The Kier molecular flexibility index (Phi) is 5.18. The van der Waals surface area contributed by atoms with Crippen molar-refractivity contribution in [2.45, 2.75) is 30.2 Å². The number of benzene rings is 2. The lowest BCUT2D eigenvalue weighted by Crippen LogP contribution is -2.33. The molecule has 11 heteroatoms. The lowest BCUT2D eigenvalue weighted by molar-refractivity contribution is -0.119. The third kappa shape index (κ3) is 3.98. The number of nitrogens with one attached hydrogen (secondary N) is 2. The smallest absolute Gasteiger partial charge is 0.316 e. The summed E-state index contributed by atoms with van der Waals surface area (Å²) in [5.41, 5.74) is 0.229. The van der Waals surface area contributed by atoms with Crippen LogP contribution in [0.3, 0.4) is 0 Å². The number of anilines is 1. The van der Waals surface area contributed by atoms with Crippen molar-refractivity contribution in [3.63, 3.8) is 0 Å². The van der Waals surface area contributed by atoms with Crippen LogP contribution in [0, 0.1) is 23.3 Å². The molecule has 172 valence electrons. The van der Waals surface area contributed by atoms with E-state index in [0.717, 1.165) is 18.2 Å². The van der Waals surface area contributed by atoms with Gasteiger partial charge in [-0.3, -0.25) is 4.79 Å². The van der Waals surface area contributed by atoms with Crippen LogP contribution in [0.15, 0.2) is 34.7 Å². The molecule has 1 saturated heterocycles. The number of carbonyl (C=O) groups excluding carboxylic acids is 1. The van der Waals surface area contributed by atoms with E-state index in [9.17, 15) is 22.4 Å². The van der Waals surface area contributed by atoms with Crippen molar-refractivity contribution in [2.75, 3.05) is 19.0 Å². The van der Waals surface area contributed by atoms with Crippen LogP contribution in [0.5, 0.6) is 5.75 Å². The average Bonchev–Trinajstić information content (AvgIpc) is 3.30. The van der Waals surface area contributed by atoms with Gasteiger partial charge in [-0.05, 0) is 30.0 Å². The Morgan fingerprint density at radius 1 is 1.00 bits per heavy atom. The van der Waals surface area contributed by atoms with E-state index in [4.69, 9.17) is 9.15 Å². The summed E-state index contributed by atoms with van der Waals surface area (Å²) in [6.07, 6.45) is 0.569. The predicted molar refractivity (Wildman–Crippen MR) is 107 cm³/mol. The van der Waals surface area contributed by atoms with Crippen molar-refractivity contribution in [2.24, 2.45) is 0 Å². The molecule has 1 aromatic heterocycles. The summed E-state index contributed by atoms with van der Waals surface area (Å²) in [6.45, 7) is 0.00744. The van der Waals surface area contributed by atoms with Gasteiger partial charge in [0, 0.05) is 42.1 Å². The van der Waals surface area contributed by atoms with Crippen molar-refractivity contribution < 1.29 is 31.5 Å². The van der Waals surface area contributed by atoms with Crippen molar-refractivity contribution in [3.8, 4) is 5.75 Å². The van der Waals surface area contributed by atoms with Crippen LogP contribution in [0.25, 0.3) is 0 Å². The quantitative estimate of drug-likeness (QED) is 0.545. The first-order valence-corrected chi connectivity index (χ1v) is 10.2. The van der Waals surface area contributed by atoms with Gasteiger partial charge in [-0.25, -0.2) is 17.6 Å². The molecule has 1 aliphatic heterocycles. The summed E-state index contributed by atoms with van der Waals surface area (Å²) in [5, 5.41) is 13.2. The van der Waals surface area contributed by atoms with E-state index in [0.29, 0.717) is 12.0 Å². The Balaban J connectivity index is 1.33. The number of carbonyl (C=O) groups is 1. The monoisotopic (exact) mass is 462 g/mol. The Bertz CT molecular complexity index is 1190. The molecule has 1 saturated carbocycles. The molecule has 3 unspecified atom stereocenters. The number of rotatable bonds is 6. The highest BCUT2D eigenvalue weighted by molar-refractivity contribution is 5.88. The number of ether oxygens (including phenoxy) is 1. The highest BCUT2D eigenvalue weighted by Crippen LogP contribution is 2.54. The molecule has 2 aromatic carbocycles. The van der Waals surface area contributed by atoms with Crippen LogP contribution in [0.1, 0.15) is 41.2 Å². The van der Waals surface area contributed by atoms with Crippen molar-refractivity contribution >= 4 is 11.9 Å². The third-order valence-electron chi connectivity index (χ3n) is 5.98. The van der Waals surface area contributed by atoms with E-state index in [-0.39, 0.29) is 41.6 Å². The second kappa shape index (κ2) is 8.05. The molecule has 0 spiro atoms. The summed E-state index contributed by atoms with van der Waals surface area (Å²) in [7, 11) is 1.29. The first kappa shape index (κ1) is 21.2. The van der Waals surface area contributed by atoms with Crippen LogP contribution in [0.2, 0.25) is 0 Å². The summed E-state index contributed by atoms with van der Waals surface area (Å²) in [5.74, 6) is -4.49. The van der Waals surface area contributed by atoms with Crippen molar-refractivity contribution in [3.05, 3.63) is 70.6 Å². The fraction of sp³-hybridized carbons (Fsp3) is 0.318. The van der Waals surface area contributed by atoms with Gasteiger partial charge < -0.3 is 19.8 Å². The van der Waals surface area contributed by atoms with Gasteiger partial charge in [0.05, 0.1) is 7.11 Å². The second-order valence-corrected chi connectivity index (χ2v) is 8.08. The van der Waals surface area contributed by atoms with E-state index in [1.165, 1.54) is 19.2 Å². The van der Waals surface area contributed by atoms with Crippen LogP contribution >= 0.6 is 0 Å². The van der Waals surface area contributed by atoms with E-state index < -0.39 is 41.1 Å². The van der Waals surface area contributed by atoms with Crippen LogP contribution < -0.4 is 15.4 Å². The molecule has 3 aromatic rings. The molecule has 0 bridgehead atoms. The number of methoxy groups -OCH3 is 1. The molecule has 7 nitrogen and oxygen atoms in total. The number of amides is 1. The van der Waals surface area contributed by atoms with Gasteiger partial charge in [-0.15, -0.1) is 5.10 Å². The molecule has 0 radical (unpaired) electrons. The van der Waals surface area contributed by atoms with Gasteiger partial charge in [0.15, 0.2) is 0 Å². The number of hydrogen-bond acceptors (Lipinski definition) is 6. The third-order valence-corrected chi connectivity index (χ3v) is 5.98. The van der Waals surface area contributed by atoms with Gasteiger partial charge in [0.1, 0.15) is 35.1 Å². The molecule has 2 aliphatic rings. The number of aromatic nitrogens is 2. The minimum Gasteiger partial charge on any atom is -0.497 e. The van der Waals surface area contributed by atoms with Crippen LogP contribution in [-0.2, 0) is 4.79 Å². The first-order chi connectivity index (χ1) is 15.8. The van der Waals surface area contributed by atoms with Crippen LogP contribution in [-0.4, -0.2) is 35.8 Å². The molecule has 1 aliphatic carbocycles. The summed E-state index contributed by atoms with van der Waals surface area (Å²) < 4.78 is 66.6. The fourth-order valence-electron chi connectivity index (χ4n) is 4.29. The highest BCUT2D eigenvalue weighted by Gasteiger charge is 2.45. The van der Waals surface area contributed by atoms with E-state index in [1.54, 1.807) is 0 Å². The number of halogens is 4. The molecule has 33 heavy (non-hydrogen) atoms. The highest BCUT2D eigenvalue weighted by atomic mass is 19.1. The minimum atomic E-state index is -1.05. The predicted octanol–water partition coefficient (Wildman–Crippen LogP) is 3.60. The molecule has 2 fully saturated rings. The molecule has 4 atom stereocenters. The molecule has 2 N–H and O–H groups in total. The summed E-state index contributed by atoms with van der Waals surface area (Å²) >= 11 is 0. The Labute approximate surface area is 185 Å². The average molecular weight is 462 g/mol. The maximum atomic E-state index is 14.6. The molecule has 5 rings (SSSR count). The van der Waals surface area contributed by atoms with Gasteiger partial charge >= 0.3 is 6.01 Å². The minimum absolute atomic E-state index is 0.00744. The normalized spacial score (nSPS) is 24.0. The first-order valence-electron chi connectivity index (χ1n) is 10.2. The van der Waals surface area contributed by atoms with Gasteiger partial charge in [-0.1, -0.05) is 5.10 Å². The second-order valence-electron chi connectivity index (χ2n) is 8.08. The number of nitrogens with zero attached hydrogens (tertiary/aromatic N) is 2. The number of hydrogen-bond donors (Lipinski definition) is 2. The molecule has 2 heterocycles. The largest absolute Gasteiger partial charge is 0.497 e. The molecular formula is C22H18F4N4O3. The zero-order chi connectivity index (χ0) is 23.3. The molecule has 1 amide bonds. The Hall–Kier alpha value is -3.63. The fourth-order valence-corrected chi connectivity index (χ4v) is 4.29. The topological polar surface area (TPSA) is 89.3 Å². The van der Waals surface area contributed by atoms with E-state index in [1.807, 2.05) is 0 Å². The zero-order valence-electron chi connectivity index (χ0n) is 17.2. The van der Waals surface area contributed by atoms with Gasteiger partial charge in [0.2, 0.25) is 11.8 Å². The maximum absolute atomic E-state index is 14.6. The van der Waals surface area contributed by atoms with Crippen molar-refractivity contribution in [1.82, 2.24) is 15.5 Å². The van der Waals surface area contributed by atoms with Crippen LogP contribution in [0.4, 0.5) is 23.6 Å². The summed E-state index contributed by atoms with van der Waals surface area (Å²) in [4.78, 5) is 12.4. The lowest BCUT2D eigenvalue weighted by atomic mass is 9.93. The Morgan fingerprint density at radius 2 is 1.70 bits per heavy atom. The van der Waals surface area contributed by atoms with E-state index >= 15 is 0 Å². The standard InChI is InChI=1S/C22H18F4N4O3/c1-32-12-5-16(25)18(17(26)6-12)15-8-27-20(31)19(15)28-22-30-29-21(33-22)14-7-13(14)9-2-10(23)4-11(24)3-9/h2-6,13-15,19H,7-8H2,1H3,(H,27,31)(H,28,30)/t13?,14?,15?,19-/m1/s1. The zero-order valence-corrected chi connectivity index (χ0v) is 17.2. The van der Waals surface area contributed by atoms with Crippen molar-refractivity contribution in [1.29, 1.82) is 0 Å². The maximum Gasteiger partial charge on any atom is 0.316 e. The van der Waals surface area contributed by atoms with Gasteiger partial charge in [0.25, 0.3) is 0 Å².